The van der Waals surface area contributed by atoms with Gasteiger partial charge < -0.3 is 23.8 Å². The van der Waals surface area contributed by atoms with Crippen molar-refractivity contribution in [3.05, 3.63) is 53.7 Å². The summed E-state index contributed by atoms with van der Waals surface area (Å²) in [6, 6.07) is 13.6. The molecule has 2 aliphatic rings. The molecule has 1 fully saturated rings. The van der Waals surface area contributed by atoms with Crippen LogP contribution in [-0.4, -0.2) is 35.1 Å². The maximum atomic E-state index is 10.0. The zero-order valence-corrected chi connectivity index (χ0v) is 18.3. The summed E-state index contributed by atoms with van der Waals surface area (Å²) in [5.41, 5.74) is 2.98. The van der Waals surface area contributed by atoms with Crippen molar-refractivity contribution >= 4 is 0 Å². The summed E-state index contributed by atoms with van der Waals surface area (Å²) in [6.07, 6.45) is 4.55. The minimum absolute atomic E-state index is 0.174. The minimum atomic E-state index is 0.174. The smallest absolute Gasteiger partial charge is 0.231 e. The topological polar surface area (TPSA) is 77.2 Å². The highest BCUT2D eigenvalue weighted by Gasteiger charge is 2.27. The summed E-state index contributed by atoms with van der Waals surface area (Å²) in [4.78, 5) is 2.45. The molecular weight excluding hydrogens is 408 g/mol. The lowest BCUT2D eigenvalue weighted by Gasteiger charge is -2.28. The van der Waals surface area contributed by atoms with E-state index < -0.39 is 0 Å². The van der Waals surface area contributed by atoms with Gasteiger partial charge in [-0.2, -0.15) is 0 Å². The van der Waals surface area contributed by atoms with Gasteiger partial charge in [0.2, 0.25) is 6.79 Å². The highest BCUT2D eigenvalue weighted by Crippen LogP contribution is 2.38. The molecule has 0 bridgehead atoms. The lowest BCUT2D eigenvalue weighted by atomic mass is 10.0. The van der Waals surface area contributed by atoms with Crippen molar-refractivity contribution in [1.82, 2.24) is 10.1 Å². The Bertz CT molecular complexity index is 1080. The molecule has 0 aliphatic carbocycles. The fourth-order valence-electron chi connectivity index (χ4n) is 4.49. The van der Waals surface area contributed by atoms with E-state index >= 15 is 0 Å². The standard InChI is InChI=1S/C25H28N2O5/c1-2-29-24-12-17(7-9-21(24)28)15-27-11-5-3-4-6-20(27)19-14-23(32-26-19)18-8-10-22-25(13-18)31-16-30-22/h7-10,12-14,20,28H,2-6,11,15-16H2,1H3. The van der Waals surface area contributed by atoms with E-state index in [1.54, 1.807) is 6.07 Å². The molecule has 1 unspecified atom stereocenters. The molecule has 3 heterocycles. The first-order chi connectivity index (χ1) is 15.7. The number of aromatic nitrogens is 1. The summed E-state index contributed by atoms with van der Waals surface area (Å²) >= 11 is 0. The molecule has 2 aliphatic heterocycles. The van der Waals surface area contributed by atoms with Crippen molar-refractivity contribution in [1.29, 1.82) is 0 Å². The van der Waals surface area contributed by atoms with Crippen LogP contribution in [-0.2, 0) is 6.54 Å². The second-order valence-electron chi connectivity index (χ2n) is 8.25. The second-order valence-corrected chi connectivity index (χ2v) is 8.25. The number of fused-ring (bicyclic) bond motifs is 1. The van der Waals surface area contributed by atoms with E-state index in [4.69, 9.17) is 18.7 Å². The lowest BCUT2D eigenvalue weighted by Crippen LogP contribution is -2.28. The Kier molecular flexibility index (Phi) is 5.90. The third-order valence-corrected chi connectivity index (χ3v) is 6.10. The molecule has 0 saturated carbocycles. The molecule has 1 atom stereocenters. The monoisotopic (exact) mass is 436 g/mol. The third-order valence-electron chi connectivity index (χ3n) is 6.10. The Labute approximate surface area is 187 Å². The molecular formula is C25H28N2O5. The second kappa shape index (κ2) is 9.12. The SMILES string of the molecule is CCOc1cc(CN2CCCCCC2c2cc(-c3ccc4c(c3)OCO4)on2)ccc1O. The molecule has 7 heteroatoms. The average molecular weight is 437 g/mol. The van der Waals surface area contributed by atoms with Crippen molar-refractivity contribution < 1.29 is 23.8 Å². The van der Waals surface area contributed by atoms with Gasteiger partial charge in [-0.25, -0.2) is 0 Å². The Hall–Kier alpha value is -3.19. The van der Waals surface area contributed by atoms with Crippen LogP contribution in [0.2, 0.25) is 0 Å². The van der Waals surface area contributed by atoms with Crippen LogP contribution in [0.5, 0.6) is 23.0 Å². The molecule has 1 saturated heterocycles. The first kappa shape index (κ1) is 20.7. The summed E-state index contributed by atoms with van der Waals surface area (Å²) in [5.74, 6) is 2.92. The minimum Gasteiger partial charge on any atom is -0.504 e. The number of nitrogens with zero attached hydrogens (tertiary/aromatic N) is 2. The largest absolute Gasteiger partial charge is 0.504 e. The quantitative estimate of drug-likeness (QED) is 0.562. The number of phenols is 1. The van der Waals surface area contributed by atoms with Gasteiger partial charge in [-0.3, -0.25) is 4.90 Å². The molecule has 0 spiro atoms. The van der Waals surface area contributed by atoms with E-state index in [-0.39, 0.29) is 18.6 Å². The highest BCUT2D eigenvalue weighted by atomic mass is 16.7. The van der Waals surface area contributed by atoms with E-state index in [0.717, 1.165) is 66.4 Å². The van der Waals surface area contributed by atoms with E-state index in [1.165, 1.54) is 6.42 Å². The van der Waals surface area contributed by atoms with Crippen LogP contribution >= 0.6 is 0 Å². The summed E-state index contributed by atoms with van der Waals surface area (Å²) in [7, 11) is 0. The molecule has 2 aromatic carbocycles. The number of likely N-dealkylation sites (tertiary alicyclic amines) is 1. The van der Waals surface area contributed by atoms with Gasteiger partial charge >= 0.3 is 0 Å². The molecule has 32 heavy (non-hydrogen) atoms. The van der Waals surface area contributed by atoms with E-state index in [0.29, 0.717) is 12.4 Å². The molecule has 1 aromatic heterocycles. The first-order valence-corrected chi connectivity index (χ1v) is 11.3. The van der Waals surface area contributed by atoms with Crippen LogP contribution in [0.1, 0.15) is 49.9 Å². The van der Waals surface area contributed by atoms with Crippen LogP contribution in [0.4, 0.5) is 0 Å². The van der Waals surface area contributed by atoms with Crippen LogP contribution in [0, 0.1) is 0 Å². The van der Waals surface area contributed by atoms with Crippen LogP contribution in [0.3, 0.4) is 0 Å². The third kappa shape index (κ3) is 4.25. The van der Waals surface area contributed by atoms with Gasteiger partial charge in [0.1, 0.15) is 5.69 Å². The Morgan fingerprint density at radius 3 is 2.88 bits per heavy atom. The van der Waals surface area contributed by atoms with Gasteiger partial charge in [0.15, 0.2) is 28.8 Å². The maximum absolute atomic E-state index is 10.0. The predicted octanol–water partition coefficient (Wildman–Crippen LogP) is 5.29. The molecule has 1 N–H and O–H groups in total. The average Bonchev–Trinajstić information content (AvgIpc) is 3.42. The molecule has 0 amide bonds. The number of aromatic hydroxyl groups is 1. The number of hydrogen-bond acceptors (Lipinski definition) is 7. The number of hydrogen-bond donors (Lipinski definition) is 1. The lowest BCUT2D eigenvalue weighted by molar-refractivity contribution is 0.174. The molecule has 7 nitrogen and oxygen atoms in total. The first-order valence-electron chi connectivity index (χ1n) is 11.3. The van der Waals surface area contributed by atoms with Crippen LogP contribution in [0.15, 0.2) is 47.0 Å². The Morgan fingerprint density at radius 2 is 1.97 bits per heavy atom. The van der Waals surface area contributed by atoms with E-state index in [9.17, 15) is 5.11 Å². The molecule has 0 radical (unpaired) electrons. The molecule has 168 valence electrons. The van der Waals surface area contributed by atoms with Crippen molar-refractivity contribution in [3.8, 4) is 34.3 Å². The fraction of sp³-hybridized carbons (Fsp3) is 0.400. The van der Waals surface area contributed by atoms with Crippen LogP contribution < -0.4 is 14.2 Å². The fourth-order valence-corrected chi connectivity index (χ4v) is 4.49. The predicted molar refractivity (Wildman–Crippen MR) is 119 cm³/mol. The van der Waals surface area contributed by atoms with Gasteiger partial charge in [-0.15, -0.1) is 0 Å². The Morgan fingerprint density at radius 1 is 1.06 bits per heavy atom. The maximum Gasteiger partial charge on any atom is 0.231 e. The van der Waals surface area contributed by atoms with Crippen molar-refractivity contribution in [2.24, 2.45) is 0 Å². The van der Waals surface area contributed by atoms with Crippen molar-refractivity contribution in [2.75, 3.05) is 19.9 Å². The Balaban J connectivity index is 1.38. The van der Waals surface area contributed by atoms with Crippen molar-refractivity contribution in [3.63, 3.8) is 0 Å². The number of benzene rings is 2. The number of ether oxygens (including phenoxy) is 3. The zero-order valence-electron chi connectivity index (χ0n) is 18.3. The number of rotatable bonds is 6. The normalized spacial score (nSPS) is 18.5. The van der Waals surface area contributed by atoms with Gasteiger partial charge in [0.25, 0.3) is 0 Å². The number of phenolic OH excluding ortho intramolecular Hbond substituents is 1. The van der Waals surface area contributed by atoms with E-state index in [1.807, 2.05) is 43.3 Å². The highest BCUT2D eigenvalue weighted by molar-refractivity contribution is 5.63. The summed E-state index contributed by atoms with van der Waals surface area (Å²) < 4.78 is 22.2. The van der Waals surface area contributed by atoms with Gasteiger partial charge in [-0.05, 0) is 62.2 Å². The molecule has 5 rings (SSSR count). The zero-order chi connectivity index (χ0) is 21.9. The van der Waals surface area contributed by atoms with Gasteiger partial charge in [0, 0.05) is 18.2 Å². The van der Waals surface area contributed by atoms with Gasteiger partial charge in [0.05, 0.1) is 12.6 Å². The van der Waals surface area contributed by atoms with Crippen molar-refractivity contribution in [2.45, 2.75) is 45.2 Å². The summed E-state index contributed by atoms with van der Waals surface area (Å²) in [5, 5.41) is 14.5. The molecule has 3 aromatic rings. The van der Waals surface area contributed by atoms with Gasteiger partial charge in [-0.1, -0.05) is 24.1 Å². The van der Waals surface area contributed by atoms with E-state index in [2.05, 4.69) is 10.1 Å². The summed E-state index contributed by atoms with van der Waals surface area (Å²) in [6.45, 7) is 4.43. The van der Waals surface area contributed by atoms with Crippen LogP contribution in [0.25, 0.3) is 11.3 Å².